The zero-order valence-electron chi connectivity index (χ0n) is 16.5. The Morgan fingerprint density at radius 1 is 1.39 bits per heavy atom. The van der Waals surface area contributed by atoms with Crippen LogP contribution >= 0.6 is 27.5 Å². The van der Waals surface area contributed by atoms with Gasteiger partial charge < -0.3 is 14.5 Å². The first-order chi connectivity index (χ1) is 13.0. The van der Waals surface area contributed by atoms with E-state index in [1.165, 1.54) is 6.07 Å². The number of likely N-dealkylation sites (tertiary alicyclic amines) is 1. The molecule has 1 aromatic carbocycles. The predicted molar refractivity (Wildman–Crippen MR) is 111 cm³/mol. The Labute approximate surface area is 177 Å². The summed E-state index contributed by atoms with van der Waals surface area (Å²) in [6.45, 7) is 8.08. The number of benzene rings is 1. The molecule has 2 atom stereocenters. The lowest BCUT2D eigenvalue weighted by molar-refractivity contribution is 0.0233. The van der Waals surface area contributed by atoms with Crippen LogP contribution < -0.4 is 4.90 Å². The minimum Gasteiger partial charge on any atom is -0.444 e. The molecule has 152 valence electrons. The number of ether oxygens (including phenoxy) is 1. The second-order valence-corrected chi connectivity index (χ2v) is 9.17. The lowest BCUT2D eigenvalue weighted by Crippen LogP contribution is -2.45. The van der Waals surface area contributed by atoms with Crippen LogP contribution in [0, 0.1) is 5.82 Å². The number of carbonyl (C=O) groups excluding carboxylic acids is 1. The molecule has 1 fully saturated rings. The number of hydrogen-bond donors (Lipinski definition) is 0. The number of hydrogen-bond acceptors (Lipinski definition) is 5. The summed E-state index contributed by atoms with van der Waals surface area (Å²) < 4.78 is 20.0. The maximum Gasteiger partial charge on any atom is 0.410 e. The monoisotopic (exact) mass is 472 g/mol. The summed E-state index contributed by atoms with van der Waals surface area (Å²) in [6.07, 6.45) is 0.399. The van der Waals surface area contributed by atoms with Crippen molar-refractivity contribution in [3.63, 3.8) is 0 Å². The minimum absolute atomic E-state index is 0.0200. The van der Waals surface area contributed by atoms with E-state index in [1.54, 1.807) is 11.0 Å². The largest absolute Gasteiger partial charge is 0.444 e. The summed E-state index contributed by atoms with van der Waals surface area (Å²) in [6, 6.07) is 2.85. The van der Waals surface area contributed by atoms with Crippen LogP contribution in [0.5, 0.6) is 0 Å². The molecule has 0 bridgehead atoms. The molecule has 1 aliphatic rings. The van der Waals surface area contributed by atoms with Crippen molar-refractivity contribution in [3.8, 4) is 0 Å². The number of rotatable bonds is 2. The van der Waals surface area contributed by atoms with Crippen LogP contribution in [0.2, 0.25) is 5.28 Å². The first kappa shape index (κ1) is 21.0. The second kappa shape index (κ2) is 7.63. The molecule has 28 heavy (non-hydrogen) atoms. The molecule has 9 heteroatoms. The summed E-state index contributed by atoms with van der Waals surface area (Å²) in [5, 5.41) is 0.651. The van der Waals surface area contributed by atoms with Crippen LogP contribution in [0.3, 0.4) is 0 Å². The van der Waals surface area contributed by atoms with Gasteiger partial charge in [0.1, 0.15) is 17.2 Å². The van der Waals surface area contributed by atoms with Crippen molar-refractivity contribution in [3.05, 3.63) is 27.7 Å². The zero-order chi connectivity index (χ0) is 20.8. The highest BCUT2D eigenvalue weighted by atomic mass is 79.9. The Balaban J connectivity index is 1.91. The quantitative estimate of drug-likeness (QED) is 0.573. The van der Waals surface area contributed by atoms with Crippen LogP contribution in [0.25, 0.3) is 10.9 Å². The van der Waals surface area contributed by atoms with E-state index < -0.39 is 11.4 Å². The molecule has 2 heterocycles. The molecule has 3 rings (SSSR count). The molecule has 0 saturated carbocycles. The fourth-order valence-corrected chi connectivity index (χ4v) is 4.03. The minimum atomic E-state index is -0.553. The Morgan fingerprint density at radius 3 is 2.71 bits per heavy atom. The fourth-order valence-electron chi connectivity index (χ4n) is 3.53. The SMILES string of the molecule is CC1C(N(C)c2nc(Cl)nc3cc(Br)c(F)cc23)CCN1C(=O)OC(C)(C)C. The fraction of sp³-hybridized carbons (Fsp3) is 0.526. The molecule has 0 spiro atoms. The van der Waals surface area contributed by atoms with Gasteiger partial charge in [-0.1, -0.05) is 0 Å². The normalized spacial score (nSPS) is 19.9. The van der Waals surface area contributed by atoms with Gasteiger partial charge >= 0.3 is 6.09 Å². The number of halogens is 3. The van der Waals surface area contributed by atoms with Crippen molar-refractivity contribution in [2.45, 2.75) is 51.8 Å². The van der Waals surface area contributed by atoms with Crippen molar-refractivity contribution in [2.24, 2.45) is 0 Å². The number of aromatic nitrogens is 2. The molecule has 2 aromatic rings. The Hall–Kier alpha value is -1.67. The van der Waals surface area contributed by atoms with Crippen molar-refractivity contribution >= 4 is 50.3 Å². The lowest BCUT2D eigenvalue weighted by Gasteiger charge is -2.33. The average Bonchev–Trinajstić information content (AvgIpc) is 2.95. The topological polar surface area (TPSA) is 58.6 Å². The van der Waals surface area contributed by atoms with Crippen LogP contribution in [0.15, 0.2) is 16.6 Å². The third kappa shape index (κ3) is 4.17. The van der Waals surface area contributed by atoms with Crippen molar-refractivity contribution < 1.29 is 13.9 Å². The van der Waals surface area contributed by atoms with E-state index in [1.807, 2.05) is 39.6 Å². The van der Waals surface area contributed by atoms with Gasteiger partial charge in [-0.3, -0.25) is 0 Å². The number of fused-ring (bicyclic) bond motifs is 1. The van der Waals surface area contributed by atoms with Crippen LogP contribution in [-0.4, -0.2) is 52.2 Å². The summed E-state index contributed by atoms with van der Waals surface area (Å²) in [7, 11) is 1.87. The van der Waals surface area contributed by atoms with Gasteiger partial charge in [0, 0.05) is 19.0 Å². The first-order valence-corrected chi connectivity index (χ1v) is 10.2. The summed E-state index contributed by atoms with van der Waals surface area (Å²) in [5.41, 5.74) is -0.00740. The zero-order valence-corrected chi connectivity index (χ0v) is 18.8. The molecule has 1 saturated heterocycles. The highest BCUT2D eigenvalue weighted by Crippen LogP contribution is 2.33. The molecule has 6 nitrogen and oxygen atoms in total. The molecule has 0 radical (unpaired) electrons. The van der Waals surface area contributed by atoms with E-state index in [0.717, 1.165) is 6.42 Å². The summed E-state index contributed by atoms with van der Waals surface area (Å²) in [5.74, 6) is 0.132. The third-order valence-corrected chi connectivity index (χ3v) is 5.64. The lowest BCUT2D eigenvalue weighted by atomic mass is 10.1. The molecular weight excluding hydrogens is 451 g/mol. The Kier molecular flexibility index (Phi) is 5.74. The molecule has 1 aromatic heterocycles. The van der Waals surface area contributed by atoms with Gasteiger partial charge in [-0.05, 0) is 73.8 Å². The number of carbonyl (C=O) groups is 1. The van der Waals surface area contributed by atoms with E-state index in [-0.39, 0.29) is 23.5 Å². The van der Waals surface area contributed by atoms with Gasteiger partial charge in [-0.15, -0.1) is 0 Å². The third-order valence-electron chi connectivity index (χ3n) is 4.86. The maximum atomic E-state index is 14.1. The highest BCUT2D eigenvalue weighted by molar-refractivity contribution is 9.10. The highest BCUT2D eigenvalue weighted by Gasteiger charge is 2.39. The molecule has 1 aliphatic heterocycles. The van der Waals surface area contributed by atoms with Gasteiger partial charge in [0.2, 0.25) is 5.28 Å². The number of anilines is 1. The van der Waals surface area contributed by atoms with Gasteiger partial charge in [0.05, 0.1) is 22.1 Å². The van der Waals surface area contributed by atoms with Gasteiger partial charge in [-0.2, -0.15) is 4.98 Å². The molecular formula is C19H23BrClFN4O2. The summed E-state index contributed by atoms with van der Waals surface area (Å²) >= 11 is 9.29. The van der Waals surface area contributed by atoms with Crippen LogP contribution in [-0.2, 0) is 4.74 Å². The van der Waals surface area contributed by atoms with E-state index in [4.69, 9.17) is 16.3 Å². The second-order valence-electron chi connectivity index (χ2n) is 7.98. The standard InChI is InChI=1S/C19H23BrClFN4O2/c1-10-15(6-7-26(10)18(27)28-19(2,3)4)25(5)16-11-8-13(22)12(20)9-14(11)23-17(21)24-16/h8-10,15H,6-7H2,1-5H3. The number of nitrogens with zero attached hydrogens (tertiary/aromatic N) is 4. The van der Waals surface area contributed by atoms with E-state index in [2.05, 4.69) is 25.9 Å². The van der Waals surface area contributed by atoms with Gasteiger partial charge in [0.15, 0.2) is 0 Å². The Morgan fingerprint density at radius 2 is 2.07 bits per heavy atom. The van der Waals surface area contributed by atoms with Crippen molar-refractivity contribution in [1.29, 1.82) is 0 Å². The first-order valence-electron chi connectivity index (χ1n) is 9.02. The maximum absolute atomic E-state index is 14.1. The Bertz CT molecular complexity index is 921. The van der Waals surface area contributed by atoms with E-state index in [9.17, 15) is 9.18 Å². The van der Waals surface area contributed by atoms with Crippen LogP contribution in [0.1, 0.15) is 34.1 Å². The van der Waals surface area contributed by atoms with E-state index in [0.29, 0.717) is 27.7 Å². The van der Waals surface area contributed by atoms with E-state index >= 15 is 0 Å². The molecule has 0 N–H and O–H groups in total. The molecule has 0 aliphatic carbocycles. The summed E-state index contributed by atoms with van der Waals surface area (Å²) in [4.78, 5) is 24.7. The average molecular weight is 474 g/mol. The number of amides is 1. The molecule has 1 amide bonds. The van der Waals surface area contributed by atoms with Crippen molar-refractivity contribution in [1.82, 2.24) is 14.9 Å². The smallest absolute Gasteiger partial charge is 0.410 e. The number of likely N-dealkylation sites (N-methyl/N-ethyl adjacent to an activating group) is 1. The van der Waals surface area contributed by atoms with Crippen molar-refractivity contribution in [2.75, 3.05) is 18.5 Å². The van der Waals surface area contributed by atoms with Gasteiger partial charge in [-0.25, -0.2) is 14.2 Å². The predicted octanol–water partition coefficient (Wildman–Crippen LogP) is 5.02. The molecule has 2 unspecified atom stereocenters. The van der Waals surface area contributed by atoms with Crippen LogP contribution in [0.4, 0.5) is 15.0 Å². The van der Waals surface area contributed by atoms with Gasteiger partial charge in [0.25, 0.3) is 0 Å².